The average molecular weight is 276 g/mol. The minimum atomic E-state index is -4.57. The van der Waals surface area contributed by atoms with Gasteiger partial charge in [0.15, 0.2) is 0 Å². The number of ether oxygens (including phenoxy) is 2. The normalized spacial score (nSPS) is 11.2. The Bertz CT molecular complexity index is 416. The van der Waals surface area contributed by atoms with Crippen LogP contribution in [0.2, 0.25) is 0 Å². The second-order valence-electron chi connectivity index (χ2n) is 3.90. The van der Waals surface area contributed by atoms with Crippen LogP contribution in [0.5, 0.6) is 5.75 Å². The summed E-state index contributed by atoms with van der Waals surface area (Å²) in [5, 5.41) is 0. The monoisotopic (exact) mass is 276 g/mol. The average Bonchev–Trinajstić information content (AvgIpc) is 2.34. The summed E-state index contributed by atoms with van der Waals surface area (Å²) in [4.78, 5) is 11.2. The van der Waals surface area contributed by atoms with E-state index in [0.717, 1.165) is 25.0 Å². The molecule has 0 saturated carbocycles. The molecule has 19 heavy (non-hydrogen) atoms. The number of carbonyl (C=O) groups excluding carboxylic acids is 1. The fourth-order valence-electron chi connectivity index (χ4n) is 1.42. The molecule has 0 aromatic heterocycles. The molecule has 0 aliphatic heterocycles. The van der Waals surface area contributed by atoms with Crippen molar-refractivity contribution in [1.29, 1.82) is 0 Å². The van der Waals surface area contributed by atoms with Crippen LogP contribution < -0.4 is 4.74 Å². The summed E-state index contributed by atoms with van der Waals surface area (Å²) in [7, 11) is 0. The Morgan fingerprint density at radius 2 is 1.89 bits per heavy atom. The molecule has 0 atom stereocenters. The first-order valence-corrected chi connectivity index (χ1v) is 5.96. The Morgan fingerprint density at radius 1 is 1.21 bits per heavy atom. The van der Waals surface area contributed by atoms with Crippen LogP contribution in [-0.2, 0) is 10.9 Å². The molecule has 0 aliphatic carbocycles. The van der Waals surface area contributed by atoms with Gasteiger partial charge in [0.1, 0.15) is 5.75 Å². The van der Waals surface area contributed by atoms with E-state index < -0.39 is 23.6 Å². The second kappa shape index (κ2) is 7.01. The third-order valence-electron chi connectivity index (χ3n) is 2.35. The largest absolute Gasteiger partial charge is 0.513 e. The van der Waals surface area contributed by atoms with E-state index in [2.05, 4.69) is 9.47 Å². The van der Waals surface area contributed by atoms with Crippen LogP contribution in [0.25, 0.3) is 0 Å². The van der Waals surface area contributed by atoms with Gasteiger partial charge in [-0.15, -0.1) is 0 Å². The molecule has 0 spiro atoms. The molecule has 0 bridgehead atoms. The van der Waals surface area contributed by atoms with Gasteiger partial charge in [0.25, 0.3) is 0 Å². The fourth-order valence-corrected chi connectivity index (χ4v) is 1.42. The minimum Gasteiger partial charge on any atom is -0.434 e. The maximum Gasteiger partial charge on any atom is 0.513 e. The molecule has 6 heteroatoms. The molecule has 0 N–H and O–H groups in total. The molecule has 0 amide bonds. The van der Waals surface area contributed by atoms with Crippen LogP contribution in [0.15, 0.2) is 24.3 Å². The molecule has 1 aromatic carbocycles. The van der Waals surface area contributed by atoms with Crippen molar-refractivity contribution in [2.24, 2.45) is 0 Å². The molecule has 3 nitrogen and oxygen atoms in total. The number of unbranched alkanes of at least 4 members (excludes halogenated alkanes) is 2. The van der Waals surface area contributed by atoms with E-state index in [1.807, 2.05) is 6.92 Å². The van der Waals surface area contributed by atoms with Gasteiger partial charge in [-0.2, -0.15) is 13.2 Å². The molecular formula is C13H15F3O3. The number of benzene rings is 1. The molecular weight excluding hydrogens is 261 g/mol. The molecule has 0 radical (unpaired) electrons. The summed E-state index contributed by atoms with van der Waals surface area (Å²) in [6, 6.07) is 4.51. The highest BCUT2D eigenvalue weighted by Gasteiger charge is 2.34. The van der Waals surface area contributed by atoms with Gasteiger partial charge in [0, 0.05) is 0 Å². The number of hydrogen-bond acceptors (Lipinski definition) is 3. The first-order chi connectivity index (χ1) is 8.95. The topological polar surface area (TPSA) is 35.5 Å². The van der Waals surface area contributed by atoms with Crippen molar-refractivity contribution in [3.8, 4) is 5.75 Å². The SMILES string of the molecule is CCCCCOC(=O)Oc1ccccc1C(F)(F)F. The molecule has 0 aliphatic rings. The van der Waals surface area contributed by atoms with Crippen molar-refractivity contribution >= 4 is 6.16 Å². The van der Waals surface area contributed by atoms with Gasteiger partial charge < -0.3 is 9.47 Å². The van der Waals surface area contributed by atoms with Gasteiger partial charge in [-0.25, -0.2) is 4.79 Å². The molecule has 0 unspecified atom stereocenters. The van der Waals surface area contributed by atoms with E-state index in [9.17, 15) is 18.0 Å². The van der Waals surface area contributed by atoms with E-state index in [-0.39, 0.29) is 6.61 Å². The van der Waals surface area contributed by atoms with E-state index in [1.165, 1.54) is 12.1 Å². The molecule has 0 saturated heterocycles. The van der Waals surface area contributed by atoms with Crippen LogP contribution in [0.1, 0.15) is 31.7 Å². The number of carbonyl (C=O) groups is 1. The summed E-state index contributed by atoms with van der Waals surface area (Å²) >= 11 is 0. The lowest BCUT2D eigenvalue weighted by molar-refractivity contribution is -0.138. The number of hydrogen-bond donors (Lipinski definition) is 0. The van der Waals surface area contributed by atoms with E-state index >= 15 is 0 Å². The third kappa shape index (κ3) is 5.19. The quantitative estimate of drug-likeness (QED) is 0.454. The highest BCUT2D eigenvalue weighted by atomic mass is 19.4. The zero-order valence-electron chi connectivity index (χ0n) is 10.5. The lowest BCUT2D eigenvalue weighted by Crippen LogP contribution is -2.15. The maximum atomic E-state index is 12.6. The van der Waals surface area contributed by atoms with Crippen LogP contribution in [0, 0.1) is 0 Å². The van der Waals surface area contributed by atoms with E-state index in [1.54, 1.807) is 0 Å². The summed E-state index contributed by atoms with van der Waals surface area (Å²) in [6.45, 7) is 2.12. The fraction of sp³-hybridized carbons (Fsp3) is 0.462. The highest BCUT2D eigenvalue weighted by molar-refractivity contribution is 5.64. The number of rotatable bonds is 5. The Kier molecular flexibility index (Phi) is 5.66. The van der Waals surface area contributed by atoms with Gasteiger partial charge in [0.05, 0.1) is 12.2 Å². The zero-order chi connectivity index (χ0) is 14.3. The van der Waals surface area contributed by atoms with Crippen LogP contribution in [0.4, 0.5) is 18.0 Å². The first kappa shape index (κ1) is 15.3. The minimum absolute atomic E-state index is 0.140. The summed E-state index contributed by atoms with van der Waals surface area (Å²) in [6.07, 6.45) is -3.19. The van der Waals surface area contributed by atoms with Crippen molar-refractivity contribution in [3.05, 3.63) is 29.8 Å². The lowest BCUT2D eigenvalue weighted by atomic mass is 10.2. The Hall–Kier alpha value is -1.72. The number of para-hydroxylation sites is 1. The van der Waals surface area contributed by atoms with E-state index in [0.29, 0.717) is 6.42 Å². The molecule has 0 fully saturated rings. The summed E-state index contributed by atoms with van der Waals surface area (Å²) in [5.41, 5.74) is -1.000. The van der Waals surface area contributed by atoms with Crippen LogP contribution >= 0.6 is 0 Å². The van der Waals surface area contributed by atoms with Crippen LogP contribution in [0.3, 0.4) is 0 Å². The standard InChI is InChI=1S/C13H15F3O3/c1-2-3-6-9-18-12(17)19-11-8-5-4-7-10(11)13(14,15)16/h4-5,7-8H,2-3,6,9H2,1H3. The summed E-state index contributed by atoms with van der Waals surface area (Å²) < 4.78 is 47.1. The van der Waals surface area contributed by atoms with Crippen molar-refractivity contribution in [1.82, 2.24) is 0 Å². The smallest absolute Gasteiger partial charge is 0.434 e. The van der Waals surface area contributed by atoms with Gasteiger partial charge in [-0.05, 0) is 18.6 Å². The third-order valence-corrected chi connectivity index (χ3v) is 2.35. The van der Waals surface area contributed by atoms with Crippen LogP contribution in [-0.4, -0.2) is 12.8 Å². The van der Waals surface area contributed by atoms with Crippen molar-refractivity contribution < 1.29 is 27.4 Å². The zero-order valence-corrected chi connectivity index (χ0v) is 10.5. The van der Waals surface area contributed by atoms with Gasteiger partial charge >= 0.3 is 12.3 Å². The summed E-state index contributed by atoms with van der Waals surface area (Å²) in [5.74, 6) is -0.546. The molecule has 106 valence electrons. The maximum absolute atomic E-state index is 12.6. The Morgan fingerprint density at radius 3 is 2.53 bits per heavy atom. The Labute approximate surface area is 109 Å². The first-order valence-electron chi connectivity index (χ1n) is 5.96. The van der Waals surface area contributed by atoms with Crippen molar-refractivity contribution in [3.63, 3.8) is 0 Å². The Balaban J connectivity index is 2.59. The number of alkyl halides is 3. The molecule has 1 aromatic rings. The van der Waals surface area contributed by atoms with Gasteiger partial charge in [-0.3, -0.25) is 0 Å². The second-order valence-corrected chi connectivity index (χ2v) is 3.90. The predicted octanol–water partition coefficient (Wildman–Crippen LogP) is 4.41. The van der Waals surface area contributed by atoms with Gasteiger partial charge in [-0.1, -0.05) is 31.9 Å². The van der Waals surface area contributed by atoms with Gasteiger partial charge in [0.2, 0.25) is 0 Å². The van der Waals surface area contributed by atoms with Crippen molar-refractivity contribution in [2.45, 2.75) is 32.4 Å². The lowest BCUT2D eigenvalue weighted by Gasteiger charge is -2.12. The van der Waals surface area contributed by atoms with Crippen molar-refractivity contribution in [2.75, 3.05) is 6.61 Å². The molecule has 0 heterocycles. The van der Waals surface area contributed by atoms with E-state index in [4.69, 9.17) is 0 Å². The molecule has 1 rings (SSSR count). The highest BCUT2D eigenvalue weighted by Crippen LogP contribution is 2.35. The number of halogens is 3. The predicted molar refractivity (Wildman–Crippen MR) is 62.9 cm³/mol.